The molecule has 3 aromatic rings. The van der Waals surface area contributed by atoms with Gasteiger partial charge in [0.15, 0.2) is 0 Å². The Hall–Kier alpha value is -3.52. The molecule has 1 aromatic carbocycles. The molecule has 1 N–H and O–H groups in total. The number of aliphatic hydroxyl groups is 1. The zero-order chi connectivity index (χ0) is 21.3. The number of ether oxygens (including phenoxy) is 1. The van der Waals surface area contributed by atoms with E-state index in [0.29, 0.717) is 5.69 Å². The molecule has 1 atom stereocenters. The van der Waals surface area contributed by atoms with E-state index in [1.165, 1.54) is 35.5 Å². The second-order valence-electron chi connectivity index (χ2n) is 6.61. The Balaban J connectivity index is 1.90. The van der Waals surface area contributed by atoms with Crippen LogP contribution in [0.3, 0.4) is 0 Å². The summed E-state index contributed by atoms with van der Waals surface area (Å²) in [6, 6.07) is 11.5. The lowest BCUT2D eigenvalue weighted by atomic mass is 9.97. The van der Waals surface area contributed by atoms with Crippen molar-refractivity contribution in [2.75, 3.05) is 7.11 Å². The van der Waals surface area contributed by atoms with Gasteiger partial charge in [0.1, 0.15) is 23.4 Å². The van der Waals surface area contributed by atoms with Crippen LogP contribution in [0.25, 0.3) is 5.76 Å². The number of likely N-dealkylation sites (tertiary alicyclic amines) is 1. The van der Waals surface area contributed by atoms with E-state index in [9.17, 15) is 19.1 Å². The highest BCUT2D eigenvalue weighted by molar-refractivity contribution is 7.09. The van der Waals surface area contributed by atoms with Gasteiger partial charge in [0.05, 0.1) is 30.5 Å². The number of hydrogen-bond acceptors (Lipinski definition) is 6. The molecule has 1 fully saturated rings. The number of rotatable bonds is 5. The molecule has 0 bridgehead atoms. The van der Waals surface area contributed by atoms with E-state index >= 15 is 0 Å². The van der Waals surface area contributed by atoms with Gasteiger partial charge in [-0.3, -0.25) is 14.6 Å². The largest absolute Gasteiger partial charge is 0.507 e. The zero-order valence-electron chi connectivity index (χ0n) is 15.9. The second kappa shape index (κ2) is 8.08. The number of carbonyl (C=O) groups is 2. The maximum atomic E-state index is 13.9. The molecule has 1 saturated heterocycles. The fraction of sp³-hybridized carbons (Fsp3) is 0.136. The van der Waals surface area contributed by atoms with Crippen molar-refractivity contribution in [1.29, 1.82) is 0 Å². The maximum Gasteiger partial charge on any atom is 0.296 e. The predicted octanol–water partition coefficient (Wildman–Crippen LogP) is 3.91. The highest BCUT2D eigenvalue weighted by Crippen LogP contribution is 2.41. The molecule has 1 unspecified atom stereocenters. The number of nitrogens with zero attached hydrogens (tertiary/aromatic N) is 2. The van der Waals surface area contributed by atoms with Crippen molar-refractivity contribution in [2.45, 2.75) is 12.6 Å². The minimum atomic E-state index is -0.915. The number of aliphatic hydroxyl groups excluding tert-OH is 1. The van der Waals surface area contributed by atoms with Gasteiger partial charge >= 0.3 is 0 Å². The summed E-state index contributed by atoms with van der Waals surface area (Å²) in [5.41, 5.74) is 0.261. The Morgan fingerprint density at radius 2 is 2.07 bits per heavy atom. The van der Waals surface area contributed by atoms with Gasteiger partial charge in [-0.25, -0.2) is 4.39 Å². The van der Waals surface area contributed by atoms with E-state index in [-0.39, 0.29) is 23.4 Å². The van der Waals surface area contributed by atoms with Gasteiger partial charge in [0.25, 0.3) is 11.7 Å². The first kappa shape index (κ1) is 19.8. The number of hydrogen-bond donors (Lipinski definition) is 1. The Kier molecular flexibility index (Phi) is 5.33. The van der Waals surface area contributed by atoms with Crippen LogP contribution in [0.1, 0.15) is 22.2 Å². The summed E-state index contributed by atoms with van der Waals surface area (Å²) >= 11 is 1.45. The summed E-state index contributed by atoms with van der Waals surface area (Å²) in [5.74, 6) is -2.55. The maximum absolute atomic E-state index is 13.9. The Morgan fingerprint density at radius 3 is 2.73 bits per heavy atom. The summed E-state index contributed by atoms with van der Waals surface area (Å²) in [6.45, 7) is 0.181. The van der Waals surface area contributed by atoms with Gasteiger partial charge in [-0.2, -0.15) is 0 Å². The topological polar surface area (TPSA) is 79.7 Å². The monoisotopic (exact) mass is 424 g/mol. The molecule has 3 heterocycles. The Bertz CT molecular complexity index is 1130. The standard InChI is InChI=1S/C22H17FN2O4S/c1-29-17-8-7-13(23)11-15(17)20(26)18-19(16-6-2-3-9-24-16)25(22(28)21(18)27)12-14-5-4-10-30-14/h2-11,19,26H,12H2,1H3/b20-18+. The zero-order valence-corrected chi connectivity index (χ0v) is 16.7. The normalized spacial score (nSPS) is 18.1. The number of halogens is 1. The van der Waals surface area contributed by atoms with Gasteiger partial charge in [0, 0.05) is 11.1 Å². The average Bonchev–Trinajstić information content (AvgIpc) is 3.36. The highest BCUT2D eigenvalue weighted by atomic mass is 32.1. The number of carbonyl (C=O) groups excluding carboxylic acids is 2. The molecule has 0 aliphatic carbocycles. The first-order valence-electron chi connectivity index (χ1n) is 9.07. The van der Waals surface area contributed by atoms with E-state index in [1.54, 1.807) is 24.4 Å². The number of aromatic nitrogens is 1. The Morgan fingerprint density at radius 1 is 1.23 bits per heavy atom. The van der Waals surface area contributed by atoms with E-state index in [4.69, 9.17) is 4.74 Å². The number of Topliss-reactive ketones (excluding diaryl/α,β-unsaturated/α-hetero) is 1. The smallest absolute Gasteiger partial charge is 0.296 e. The number of benzene rings is 1. The summed E-state index contributed by atoms with van der Waals surface area (Å²) in [6.07, 6.45) is 1.55. The van der Waals surface area contributed by atoms with Crippen molar-refractivity contribution < 1.29 is 23.8 Å². The number of ketones is 1. The quantitative estimate of drug-likeness (QED) is 0.382. The summed E-state index contributed by atoms with van der Waals surface area (Å²) < 4.78 is 19.1. The predicted molar refractivity (Wildman–Crippen MR) is 109 cm³/mol. The molecule has 0 saturated carbocycles. The van der Waals surface area contributed by atoms with Crippen LogP contribution in [0, 0.1) is 5.82 Å². The van der Waals surface area contributed by atoms with Crippen LogP contribution in [0.4, 0.5) is 4.39 Å². The van der Waals surface area contributed by atoms with E-state index < -0.39 is 29.3 Å². The summed E-state index contributed by atoms with van der Waals surface area (Å²) in [7, 11) is 1.37. The van der Waals surface area contributed by atoms with E-state index in [0.717, 1.165) is 10.9 Å². The Labute approximate surface area is 175 Å². The van der Waals surface area contributed by atoms with Crippen LogP contribution < -0.4 is 4.74 Å². The van der Waals surface area contributed by atoms with Gasteiger partial charge in [0.2, 0.25) is 0 Å². The lowest BCUT2D eigenvalue weighted by Crippen LogP contribution is -2.29. The van der Waals surface area contributed by atoms with Gasteiger partial charge in [-0.05, 0) is 41.8 Å². The second-order valence-corrected chi connectivity index (χ2v) is 7.64. The lowest BCUT2D eigenvalue weighted by molar-refractivity contribution is -0.140. The fourth-order valence-corrected chi connectivity index (χ4v) is 4.17. The number of amides is 1. The van der Waals surface area contributed by atoms with Gasteiger partial charge < -0.3 is 14.7 Å². The minimum absolute atomic E-state index is 0.00689. The molecule has 152 valence electrons. The van der Waals surface area contributed by atoms with Crippen LogP contribution in [0.2, 0.25) is 0 Å². The fourth-order valence-electron chi connectivity index (χ4n) is 3.47. The van der Waals surface area contributed by atoms with Crippen LogP contribution in [-0.4, -0.2) is 33.8 Å². The summed E-state index contributed by atoms with van der Waals surface area (Å²) in [5, 5.41) is 12.9. The molecule has 1 amide bonds. The number of pyridine rings is 1. The third-order valence-corrected chi connectivity index (χ3v) is 5.69. The molecular formula is C22H17FN2O4S. The van der Waals surface area contributed by atoms with Crippen LogP contribution in [0.15, 0.2) is 65.7 Å². The van der Waals surface area contributed by atoms with Crippen LogP contribution in [0.5, 0.6) is 5.75 Å². The molecule has 6 nitrogen and oxygen atoms in total. The van der Waals surface area contributed by atoms with Crippen LogP contribution in [-0.2, 0) is 16.1 Å². The summed E-state index contributed by atoms with van der Waals surface area (Å²) in [4.78, 5) is 32.4. The SMILES string of the molecule is COc1ccc(F)cc1/C(O)=C1\C(=O)C(=O)N(Cc2cccs2)C1c1ccccn1. The van der Waals surface area contributed by atoms with Gasteiger partial charge in [-0.15, -0.1) is 11.3 Å². The lowest BCUT2D eigenvalue weighted by Gasteiger charge is -2.24. The molecule has 0 radical (unpaired) electrons. The number of thiophene rings is 1. The number of methoxy groups -OCH3 is 1. The molecule has 2 aromatic heterocycles. The molecule has 1 aliphatic heterocycles. The molecule has 30 heavy (non-hydrogen) atoms. The van der Waals surface area contributed by atoms with E-state index in [2.05, 4.69) is 4.98 Å². The van der Waals surface area contributed by atoms with Crippen molar-refractivity contribution in [3.05, 3.63) is 87.6 Å². The van der Waals surface area contributed by atoms with Gasteiger partial charge in [-0.1, -0.05) is 12.1 Å². The molecule has 8 heteroatoms. The molecular weight excluding hydrogens is 407 g/mol. The molecule has 0 spiro atoms. The molecule has 1 aliphatic rings. The first-order chi connectivity index (χ1) is 14.5. The first-order valence-corrected chi connectivity index (χ1v) is 9.95. The van der Waals surface area contributed by atoms with Crippen molar-refractivity contribution in [1.82, 2.24) is 9.88 Å². The van der Waals surface area contributed by atoms with Crippen LogP contribution >= 0.6 is 11.3 Å². The average molecular weight is 424 g/mol. The van der Waals surface area contributed by atoms with Crippen molar-refractivity contribution in [2.24, 2.45) is 0 Å². The van der Waals surface area contributed by atoms with Crippen molar-refractivity contribution >= 4 is 28.8 Å². The van der Waals surface area contributed by atoms with E-state index in [1.807, 2.05) is 17.5 Å². The third kappa shape index (κ3) is 3.46. The highest BCUT2D eigenvalue weighted by Gasteiger charge is 2.47. The van der Waals surface area contributed by atoms with Crippen molar-refractivity contribution in [3.8, 4) is 5.75 Å². The third-order valence-electron chi connectivity index (χ3n) is 4.83. The molecule has 4 rings (SSSR count). The van der Waals surface area contributed by atoms with Crippen molar-refractivity contribution in [3.63, 3.8) is 0 Å². The minimum Gasteiger partial charge on any atom is -0.507 e.